The molecule has 0 spiro atoms. The van der Waals surface area contributed by atoms with Crippen molar-refractivity contribution in [1.29, 1.82) is 0 Å². The highest BCUT2D eigenvalue weighted by Crippen LogP contribution is 2.12. The maximum Gasteiger partial charge on any atom is 0.0205 e. The van der Waals surface area contributed by atoms with Gasteiger partial charge in [-0.1, -0.05) is 114 Å². The lowest BCUT2D eigenvalue weighted by Crippen LogP contribution is -2.14. The quantitative estimate of drug-likeness (QED) is 0.186. The van der Waals surface area contributed by atoms with Crippen LogP contribution in [0.25, 0.3) is 0 Å². The van der Waals surface area contributed by atoms with E-state index in [9.17, 15) is 0 Å². The zero-order valence-corrected chi connectivity index (χ0v) is 18.9. The molecule has 1 N–H and O–H groups in total. The van der Waals surface area contributed by atoms with Gasteiger partial charge in [0.2, 0.25) is 0 Å². The van der Waals surface area contributed by atoms with Crippen LogP contribution in [0.15, 0.2) is 42.5 Å². The molecular formula is C27H47N. The van der Waals surface area contributed by atoms with Gasteiger partial charge in [-0.2, -0.15) is 0 Å². The first kappa shape index (κ1) is 25.0. The Bertz CT molecular complexity index is 449. The van der Waals surface area contributed by atoms with Crippen molar-refractivity contribution in [2.24, 2.45) is 5.92 Å². The number of benzene rings is 1. The number of rotatable bonds is 19. The summed E-state index contributed by atoms with van der Waals surface area (Å²) in [4.78, 5) is 0. The number of hydrogen-bond donors (Lipinski definition) is 1. The van der Waals surface area contributed by atoms with Gasteiger partial charge < -0.3 is 5.32 Å². The van der Waals surface area contributed by atoms with Crippen LogP contribution < -0.4 is 5.32 Å². The molecule has 0 heterocycles. The normalized spacial score (nSPS) is 11.7. The molecule has 1 heteroatoms. The van der Waals surface area contributed by atoms with E-state index in [1.165, 1.54) is 95.5 Å². The Morgan fingerprint density at radius 2 is 1.21 bits per heavy atom. The van der Waals surface area contributed by atoms with Crippen LogP contribution in [0.2, 0.25) is 0 Å². The molecule has 0 bridgehead atoms. The van der Waals surface area contributed by atoms with E-state index in [0.29, 0.717) is 0 Å². The summed E-state index contributed by atoms with van der Waals surface area (Å²) in [5.41, 5.74) is 1.39. The fourth-order valence-corrected chi connectivity index (χ4v) is 3.63. The van der Waals surface area contributed by atoms with Gasteiger partial charge in [0.25, 0.3) is 0 Å². The van der Waals surface area contributed by atoms with Crippen molar-refractivity contribution in [3.05, 3.63) is 48.0 Å². The van der Waals surface area contributed by atoms with Gasteiger partial charge in [0.05, 0.1) is 0 Å². The molecule has 0 aliphatic heterocycles. The molecule has 1 aromatic rings. The molecule has 1 nitrogen and oxygen atoms in total. The summed E-state index contributed by atoms with van der Waals surface area (Å²) in [5, 5.41) is 3.55. The zero-order valence-electron chi connectivity index (χ0n) is 18.9. The molecule has 0 aliphatic carbocycles. The van der Waals surface area contributed by atoms with Crippen molar-refractivity contribution in [3.63, 3.8) is 0 Å². The van der Waals surface area contributed by atoms with Crippen molar-refractivity contribution in [3.8, 4) is 0 Å². The second-order valence-corrected chi connectivity index (χ2v) is 8.78. The lowest BCUT2D eigenvalue weighted by atomic mass is 10.0. The molecule has 0 radical (unpaired) electrons. The van der Waals surface area contributed by atoms with E-state index < -0.39 is 0 Å². The summed E-state index contributed by atoms with van der Waals surface area (Å²) in [6.07, 6.45) is 24.2. The predicted molar refractivity (Wildman–Crippen MR) is 127 cm³/mol. The van der Waals surface area contributed by atoms with Gasteiger partial charge >= 0.3 is 0 Å². The summed E-state index contributed by atoms with van der Waals surface area (Å²) >= 11 is 0. The van der Waals surface area contributed by atoms with Gasteiger partial charge in [-0.25, -0.2) is 0 Å². The average Bonchev–Trinajstić information content (AvgIpc) is 2.70. The molecular weight excluding hydrogens is 338 g/mol. The van der Waals surface area contributed by atoms with Gasteiger partial charge in [-0.3, -0.25) is 0 Å². The van der Waals surface area contributed by atoms with E-state index in [0.717, 1.165) is 19.0 Å². The second-order valence-electron chi connectivity index (χ2n) is 8.78. The van der Waals surface area contributed by atoms with Crippen molar-refractivity contribution in [1.82, 2.24) is 5.32 Å². The van der Waals surface area contributed by atoms with E-state index in [-0.39, 0.29) is 0 Å². The zero-order chi connectivity index (χ0) is 20.1. The number of hydrogen-bond acceptors (Lipinski definition) is 1. The van der Waals surface area contributed by atoms with E-state index >= 15 is 0 Å². The SMILES string of the molecule is CC(C)CCCCCCC/C=C\CCCCCCCCNCc1ccccc1. The Balaban J connectivity index is 1.73. The third-order valence-corrected chi connectivity index (χ3v) is 5.47. The summed E-state index contributed by atoms with van der Waals surface area (Å²) in [7, 11) is 0. The minimum Gasteiger partial charge on any atom is -0.313 e. The molecule has 0 fully saturated rings. The minimum absolute atomic E-state index is 0.880. The summed E-state index contributed by atoms with van der Waals surface area (Å²) < 4.78 is 0. The molecule has 0 saturated heterocycles. The monoisotopic (exact) mass is 385 g/mol. The maximum absolute atomic E-state index is 3.55. The van der Waals surface area contributed by atoms with Crippen molar-refractivity contribution < 1.29 is 0 Å². The topological polar surface area (TPSA) is 12.0 Å². The Kier molecular flexibility index (Phi) is 17.2. The standard InChI is InChI=1S/C27H47N/c1-26(2)21-17-14-12-10-8-6-4-3-5-7-9-11-13-15-20-24-28-25-27-22-18-16-19-23-27/h3-4,16,18-19,22-23,26,28H,5-15,17,20-21,24-25H2,1-2H3/b4-3-. The Labute approximate surface area is 176 Å². The van der Waals surface area contributed by atoms with Gasteiger partial charge in [0.1, 0.15) is 0 Å². The van der Waals surface area contributed by atoms with E-state index in [1.54, 1.807) is 0 Å². The average molecular weight is 386 g/mol. The summed E-state index contributed by atoms with van der Waals surface area (Å²) in [5.74, 6) is 0.880. The number of unbranched alkanes of at least 4 members (excludes halogenated alkanes) is 11. The first-order valence-corrected chi connectivity index (χ1v) is 12.2. The fourth-order valence-electron chi connectivity index (χ4n) is 3.63. The van der Waals surface area contributed by atoms with E-state index in [1.807, 2.05) is 0 Å². The first-order chi connectivity index (χ1) is 13.8. The maximum atomic E-state index is 3.55. The van der Waals surface area contributed by atoms with Crippen LogP contribution in [0.5, 0.6) is 0 Å². The highest BCUT2D eigenvalue weighted by molar-refractivity contribution is 5.14. The van der Waals surface area contributed by atoms with Crippen LogP contribution >= 0.6 is 0 Å². The first-order valence-electron chi connectivity index (χ1n) is 12.2. The molecule has 28 heavy (non-hydrogen) atoms. The third kappa shape index (κ3) is 17.0. The van der Waals surface area contributed by atoms with Crippen LogP contribution in [0.4, 0.5) is 0 Å². The largest absolute Gasteiger partial charge is 0.313 e. The predicted octanol–water partition coefficient (Wildman–Crippen LogP) is 8.45. The van der Waals surface area contributed by atoms with Crippen molar-refractivity contribution >= 4 is 0 Å². The molecule has 0 aromatic heterocycles. The number of allylic oxidation sites excluding steroid dienone is 2. The van der Waals surface area contributed by atoms with Crippen LogP contribution in [0, 0.1) is 5.92 Å². The third-order valence-electron chi connectivity index (χ3n) is 5.47. The van der Waals surface area contributed by atoms with Crippen LogP contribution in [-0.4, -0.2) is 6.54 Å². The second kappa shape index (κ2) is 19.2. The molecule has 0 aliphatic rings. The van der Waals surface area contributed by atoms with Crippen molar-refractivity contribution in [2.45, 2.75) is 110 Å². The smallest absolute Gasteiger partial charge is 0.0205 e. The highest BCUT2D eigenvalue weighted by Gasteiger charge is 1.95. The van der Waals surface area contributed by atoms with E-state index in [4.69, 9.17) is 0 Å². The fraction of sp³-hybridized carbons (Fsp3) is 0.704. The Hall–Kier alpha value is -1.08. The molecule has 1 aromatic carbocycles. The lowest BCUT2D eigenvalue weighted by molar-refractivity contribution is 0.516. The van der Waals surface area contributed by atoms with Gasteiger partial charge in [-0.05, 0) is 50.1 Å². The molecule has 0 unspecified atom stereocenters. The van der Waals surface area contributed by atoms with Gasteiger partial charge in [0, 0.05) is 6.54 Å². The molecule has 0 atom stereocenters. The van der Waals surface area contributed by atoms with Crippen LogP contribution in [0.3, 0.4) is 0 Å². The Morgan fingerprint density at radius 1 is 0.679 bits per heavy atom. The molecule has 0 saturated carbocycles. The lowest BCUT2D eigenvalue weighted by Gasteiger charge is -2.05. The molecule has 0 amide bonds. The molecule has 1 rings (SSSR count). The van der Waals surface area contributed by atoms with E-state index in [2.05, 4.69) is 61.6 Å². The number of nitrogens with one attached hydrogen (secondary N) is 1. The Morgan fingerprint density at radius 3 is 1.82 bits per heavy atom. The van der Waals surface area contributed by atoms with Crippen molar-refractivity contribution in [2.75, 3.05) is 6.54 Å². The molecule has 160 valence electrons. The summed E-state index contributed by atoms with van der Waals surface area (Å²) in [6.45, 7) is 6.81. The van der Waals surface area contributed by atoms with Crippen LogP contribution in [-0.2, 0) is 6.54 Å². The van der Waals surface area contributed by atoms with Gasteiger partial charge in [-0.15, -0.1) is 0 Å². The highest BCUT2D eigenvalue weighted by atomic mass is 14.8. The summed E-state index contributed by atoms with van der Waals surface area (Å²) in [6, 6.07) is 10.7. The van der Waals surface area contributed by atoms with Gasteiger partial charge in [0.15, 0.2) is 0 Å². The minimum atomic E-state index is 0.880. The van der Waals surface area contributed by atoms with Crippen LogP contribution in [0.1, 0.15) is 109 Å².